The number of fused-ring (bicyclic) bond motifs is 1. The molecule has 0 saturated carbocycles. The number of hydrogen-bond donors (Lipinski definition) is 2. The Hall–Kier alpha value is -2.27. The summed E-state index contributed by atoms with van der Waals surface area (Å²) in [5.41, 5.74) is 0.909. The molecule has 4 rings (SSSR count). The van der Waals surface area contributed by atoms with Crippen LogP contribution in [-0.4, -0.2) is 57.1 Å². The minimum atomic E-state index is -1.62. The van der Waals surface area contributed by atoms with E-state index < -0.39 is 57.2 Å². The number of imide groups is 2. The zero-order chi connectivity index (χ0) is 24.7. The number of Topliss-reactive ketones (excluding diaryl/α,β-unsaturated/α-hetero) is 1. The third-order valence-corrected chi connectivity index (χ3v) is 8.44. The lowest BCUT2D eigenvalue weighted by molar-refractivity contribution is -0.150. The van der Waals surface area contributed by atoms with E-state index in [0.29, 0.717) is 38.9 Å². The Balaban J connectivity index is 1.63. The molecule has 1 aromatic rings. The van der Waals surface area contributed by atoms with Gasteiger partial charge in [-0.15, -0.1) is 4.72 Å². The second-order valence-electron chi connectivity index (χ2n) is 10.1. The fraction of sp³-hybridized carbons (Fsp3) is 0.583. The number of urea groups is 1. The summed E-state index contributed by atoms with van der Waals surface area (Å²) in [6.07, 6.45) is 1.90. The van der Waals surface area contributed by atoms with Crippen molar-refractivity contribution in [2.75, 3.05) is 13.2 Å². The number of rotatable bonds is 6. The number of ketones is 1. The standard InChI is InChI=1S/C24H31N3O6S/c1-23(2,3)34(32)26-24(11-8-15-6-4-5-7-17(15)24)14-18(28)19-20(29)25-22(31)27(21(19)30)16-9-12-33-13-10-16/h4-7,16,19,26H,8-14H2,1-3H3,(H,25,29,31)/t19?,24-,34+/m1/s1. The number of barbiturate groups is 1. The second-order valence-corrected chi connectivity index (χ2v) is 12.1. The molecule has 2 heterocycles. The summed E-state index contributed by atoms with van der Waals surface area (Å²) in [6, 6.07) is 6.41. The highest BCUT2D eigenvalue weighted by Gasteiger charge is 2.52. The summed E-state index contributed by atoms with van der Waals surface area (Å²) >= 11 is -1.50. The minimum Gasteiger partial charge on any atom is -0.598 e. The molecule has 2 fully saturated rings. The van der Waals surface area contributed by atoms with Gasteiger partial charge in [0.25, 0.3) is 5.91 Å². The van der Waals surface area contributed by atoms with Gasteiger partial charge in [0, 0.05) is 37.0 Å². The summed E-state index contributed by atoms with van der Waals surface area (Å²) < 4.78 is 21.0. The van der Waals surface area contributed by atoms with E-state index >= 15 is 0 Å². The number of ether oxygens (including phenoxy) is 1. The van der Waals surface area contributed by atoms with Crippen LogP contribution in [0.1, 0.15) is 57.6 Å². The van der Waals surface area contributed by atoms with E-state index in [1.807, 2.05) is 45.0 Å². The van der Waals surface area contributed by atoms with Crippen LogP contribution in [0.15, 0.2) is 24.3 Å². The number of nitrogens with one attached hydrogen (secondary N) is 2. The van der Waals surface area contributed by atoms with Gasteiger partial charge in [-0.3, -0.25) is 24.6 Å². The van der Waals surface area contributed by atoms with E-state index in [1.165, 1.54) is 0 Å². The van der Waals surface area contributed by atoms with Crippen molar-refractivity contribution in [3.8, 4) is 0 Å². The quantitative estimate of drug-likeness (QED) is 0.460. The van der Waals surface area contributed by atoms with Crippen LogP contribution < -0.4 is 10.0 Å². The third-order valence-electron chi connectivity index (χ3n) is 6.75. The highest BCUT2D eigenvalue weighted by molar-refractivity contribution is 7.90. The molecule has 2 aliphatic heterocycles. The lowest BCUT2D eigenvalue weighted by Gasteiger charge is -2.38. The molecule has 184 valence electrons. The summed E-state index contributed by atoms with van der Waals surface area (Å²) in [6.45, 7) is 6.30. The predicted octanol–water partition coefficient (Wildman–Crippen LogP) is 1.71. The fourth-order valence-electron chi connectivity index (χ4n) is 4.91. The Labute approximate surface area is 202 Å². The molecule has 1 aromatic carbocycles. The lowest BCUT2D eigenvalue weighted by Crippen LogP contribution is -2.63. The van der Waals surface area contributed by atoms with Crippen LogP contribution in [0.5, 0.6) is 0 Å². The van der Waals surface area contributed by atoms with E-state index in [2.05, 4.69) is 10.0 Å². The molecule has 0 bridgehead atoms. The molecule has 10 heteroatoms. The van der Waals surface area contributed by atoms with E-state index in [-0.39, 0.29) is 6.42 Å². The fourth-order valence-corrected chi connectivity index (χ4v) is 5.85. The largest absolute Gasteiger partial charge is 0.598 e. The molecular formula is C24H31N3O6S. The number of aryl methyl sites for hydroxylation is 1. The number of amides is 4. The van der Waals surface area contributed by atoms with Gasteiger partial charge in [0.15, 0.2) is 11.7 Å². The van der Waals surface area contributed by atoms with Gasteiger partial charge in [0.2, 0.25) is 5.91 Å². The van der Waals surface area contributed by atoms with Gasteiger partial charge in [-0.25, -0.2) is 4.79 Å². The zero-order valence-electron chi connectivity index (χ0n) is 19.7. The highest BCUT2D eigenvalue weighted by Crippen LogP contribution is 2.42. The van der Waals surface area contributed by atoms with Crippen molar-refractivity contribution in [3.05, 3.63) is 35.4 Å². The number of nitrogens with zero attached hydrogens (tertiary/aromatic N) is 1. The molecule has 0 spiro atoms. The van der Waals surface area contributed by atoms with Crippen molar-refractivity contribution in [1.82, 2.24) is 14.9 Å². The second kappa shape index (κ2) is 9.41. The molecule has 1 unspecified atom stereocenters. The summed E-state index contributed by atoms with van der Waals surface area (Å²) in [5.74, 6) is -3.90. The predicted molar refractivity (Wildman–Crippen MR) is 125 cm³/mol. The maximum atomic E-state index is 13.6. The minimum absolute atomic E-state index is 0.189. The first-order valence-corrected chi connectivity index (χ1v) is 12.7. The number of carbonyl (C=O) groups is 4. The van der Waals surface area contributed by atoms with Crippen LogP contribution in [0.3, 0.4) is 0 Å². The normalized spacial score (nSPS) is 26.9. The monoisotopic (exact) mass is 489 g/mol. The van der Waals surface area contributed by atoms with E-state index in [0.717, 1.165) is 16.0 Å². The van der Waals surface area contributed by atoms with Crippen molar-refractivity contribution in [2.24, 2.45) is 5.92 Å². The molecule has 34 heavy (non-hydrogen) atoms. The molecule has 4 amide bonds. The Morgan fingerprint density at radius 2 is 1.91 bits per heavy atom. The van der Waals surface area contributed by atoms with Crippen LogP contribution in [0.2, 0.25) is 0 Å². The van der Waals surface area contributed by atoms with Gasteiger partial charge in [0.05, 0.1) is 5.54 Å². The number of benzene rings is 1. The molecule has 2 N–H and O–H groups in total. The Kier molecular flexibility index (Phi) is 6.87. The van der Waals surface area contributed by atoms with Crippen LogP contribution in [0.25, 0.3) is 0 Å². The van der Waals surface area contributed by atoms with Gasteiger partial charge in [-0.1, -0.05) is 24.3 Å². The van der Waals surface area contributed by atoms with Crippen molar-refractivity contribution >= 4 is 35.0 Å². The van der Waals surface area contributed by atoms with E-state index in [1.54, 1.807) is 0 Å². The number of carbonyl (C=O) groups excluding carboxylic acids is 4. The molecule has 0 aromatic heterocycles. The molecule has 1 aliphatic carbocycles. The summed E-state index contributed by atoms with van der Waals surface area (Å²) in [7, 11) is 0. The van der Waals surface area contributed by atoms with Gasteiger partial charge in [0.1, 0.15) is 4.75 Å². The topological polar surface area (TPSA) is 128 Å². The van der Waals surface area contributed by atoms with Crippen LogP contribution in [0, 0.1) is 5.92 Å². The Bertz CT molecular complexity index is 1000. The summed E-state index contributed by atoms with van der Waals surface area (Å²) in [5, 5.41) is 2.19. The van der Waals surface area contributed by atoms with Gasteiger partial charge >= 0.3 is 6.03 Å². The average Bonchev–Trinajstić information content (AvgIpc) is 3.11. The molecular weight excluding hydrogens is 458 g/mol. The molecule has 9 nitrogen and oxygen atoms in total. The van der Waals surface area contributed by atoms with E-state index in [4.69, 9.17) is 4.74 Å². The smallest absolute Gasteiger partial charge is 0.331 e. The average molecular weight is 490 g/mol. The van der Waals surface area contributed by atoms with Crippen molar-refractivity contribution in [3.63, 3.8) is 0 Å². The maximum Gasteiger partial charge on any atom is 0.331 e. The molecule has 3 atom stereocenters. The maximum absolute atomic E-state index is 13.6. The molecule has 0 radical (unpaired) electrons. The van der Waals surface area contributed by atoms with Gasteiger partial charge in [-0.05, 0) is 57.6 Å². The lowest BCUT2D eigenvalue weighted by atomic mass is 9.83. The van der Waals surface area contributed by atoms with E-state index in [9.17, 15) is 23.7 Å². The van der Waals surface area contributed by atoms with Gasteiger partial charge in [-0.2, -0.15) is 0 Å². The third kappa shape index (κ3) is 4.64. The molecule has 3 aliphatic rings. The van der Waals surface area contributed by atoms with Gasteiger partial charge < -0.3 is 9.29 Å². The van der Waals surface area contributed by atoms with Crippen molar-refractivity contribution in [2.45, 2.75) is 69.2 Å². The van der Waals surface area contributed by atoms with Crippen molar-refractivity contribution < 1.29 is 28.5 Å². The zero-order valence-corrected chi connectivity index (χ0v) is 20.5. The Morgan fingerprint density at radius 1 is 1.24 bits per heavy atom. The van der Waals surface area contributed by atoms with Crippen LogP contribution in [0.4, 0.5) is 4.79 Å². The number of hydrogen-bond acceptors (Lipinski definition) is 7. The first-order chi connectivity index (χ1) is 16.0. The SMILES string of the molecule is CC(C)(C)[S@+]([O-])N[C@@]1(CC(=O)C2C(=O)NC(=O)N(C3CCOCC3)C2=O)CCc2ccccc21. The summed E-state index contributed by atoms with van der Waals surface area (Å²) in [4.78, 5) is 53.0. The first-order valence-electron chi connectivity index (χ1n) is 11.6. The van der Waals surface area contributed by atoms with Crippen LogP contribution in [-0.2, 0) is 42.4 Å². The van der Waals surface area contributed by atoms with Crippen molar-refractivity contribution in [1.29, 1.82) is 0 Å². The highest BCUT2D eigenvalue weighted by atomic mass is 32.2. The molecule has 2 saturated heterocycles. The first kappa shape index (κ1) is 24.8. The van der Waals surface area contributed by atoms with Crippen LogP contribution >= 0.6 is 0 Å². The Morgan fingerprint density at radius 3 is 2.59 bits per heavy atom.